The monoisotopic (exact) mass is 345 g/mol. The number of benzene rings is 2. The standard InChI is InChI=1S/C18H20FN3O3/c1-11(2)20-18(23)14-6-9-16(17(10-14)22(24)25)21-12(3)13-4-7-15(19)8-5-13/h4-12,21H,1-3H3,(H,20,23). The van der Waals surface area contributed by atoms with Crippen molar-refractivity contribution in [2.24, 2.45) is 0 Å². The Morgan fingerprint density at radius 1 is 1.12 bits per heavy atom. The van der Waals surface area contributed by atoms with Gasteiger partial charge >= 0.3 is 0 Å². The average molecular weight is 345 g/mol. The molecule has 2 rings (SSSR count). The van der Waals surface area contributed by atoms with Crippen LogP contribution in [0.2, 0.25) is 0 Å². The number of carbonyl (C=O) groups is 1. The van der Waals surface area contributed by atoms with E-state index >= 15 is 0 Å². The maximum Gasteiger partial charge on any atom is 0.293 e. The van der Waals surface area contributed by atoms with Crippen molar-refractivity contribution in [3.8, 4) is 0 Å². The first-order chi connectivity index (χ1) is 11.8. The van der Waals surface area contributed by atoms with E-state index in [1.165, 1.54) is 30.3 Å². The largest absolute Gasteiger partial charge is 0.373 e. The van der Waals surface area contributed by atoms with Crippen molar-refractivity contribution in [3.05, 3.63) is 69.5 Å². The van der Waals surface area contributed by atoms with E-state index in [9.17, 15) is 19.3 Å². The molecule has 0 saturated heterocycles. The number of rotatable bonds is 6. The van der Waals surface area contributed by atoms with Gasteiger partial charge in [-0.25, -0.2) is 4.39 Å². The molecule has 0 fully saturated rings. The summed E-state index contributed by atoms with van der Waals surface area (Å²) < 4.78 is 13.0. The molecule has 1 atom stereocenters. The molecule has 0 aromatic heterocycles. The Labute approximate surface area is 145 Å². The molecule has 2 aromatic rings. The molecule has 0 bridgehead atoms. The van der Waals surface area contributed by atoms with Crippen LogP contribution in [0.4, 0.5) is 15.8 Å². The van der Waals surface area contributed by atoms with Crippen molar-refractivity contribution < 1.29 is 14.1 Å². The van der Waals surface area contributed by atoms with Crippen LogP contribution in [0.3, 0.4) is 0 Å². The summed E-state index contributed by atoms with van der Waals surface area (Å²) in [6, 6.07) is 9.85. The molecule has 6 nitrogen and oxygen atoms in total. The molecule has 132 valence electrons. The summed E-state index contributed by atoms with van der Waals surface area (Å²) in [6.07, 6.45) is 0. The number of carbonyl (C=O) groups excluding carboxylic acids is 1. The van der Waals surface area contributed by atoms with Crippen molar-refractivity contribution in [1.82, 2.24) is 5.32 Å². The van der Waals surface area contributed by atoms with E-state index in [0.717, 1.165) is 5.56 Å². The Bertz CT molecular complexity index is 776. The number of nitrogens with one attached hydrogen (secondary N) is 2. The van der Waals surface area contributed by atoms with Gasteiger partial charge in [0.05, 0.1) is 4.92 Å². The minimum absolute atomic E-state index is 0.0668. The third-order valence-corrected chi connectivity index (χ3v) is 3.62. The van der Waals surface area contributed by atoms with E-state index in [-0.39, 0.29) is 35.1 Å². The number of anilines is 1. The minimum atomic E-state index is -0.536. The quantitative estimate of drug-likeness (QED) is 0.611. The van der Waals surface area contributed by atoms with Crippen LogP contribution < -0.4 is 10.6 Å². The number of amides is 1. The second-order valence-corrected chi connectivity index (χ2v) is 6.03. The highest BCUT2D eigenvalue weighted by Crippen LogP contribution is 2.29. The molecule has 0 radical (unpaired) electrons. The number of hydrogen-bond acceptors (Lipinski definition) is 4. The first-order valence-electron chi connectivity index (χ1n) is 7.89. The first-order valence-corrected chi connectivity index (χ1v) is 7.89. The maximum absolute atomic E-state index is 13.0. The Hall–Kier alpha value is -2.96. The van der Waals surface area contributed by atoms with Crippen LogP contribution >= 0.6 is 0 Å². The lowest BCUT2D eigenvalue weighted by Crippen LogP contribution is -2.30. The molecule has 2 N–H and O–H groups in total. The molecule has 0 aliphatic carbocycles. The van der Waals surface area contributed by atoms with Crippen LogP contribution in [0.25, 0.3) is 0 Å². The zero-order valence-corrected chi connectivity index (χ0v) is 14.2. The predicted octanol–water partition coefficient (Wildman–Crippen LogP) is 4.05. The predicted molar refractivity (Wildman–Crippen MR) is 94.1 cm³/mol. The van der Waals surface area contributed by atoms with Crippen molar-refractivity contribution in [3.63, 3.8) is 0 Å². The third kappa shape index (κ3) is 4.76. The molecular formula is C18H20FN3O3. The molecule has 7 heteroatoms. The Morgan fingerprint density at radius 3 is 2.32 bits per heavy atom. The van der Waals surface area contributed by atoms with Crippen molar-refractivity contribution in [2.75, 3.05) is 5.32 Å². The topological polar surface area (TPSA) is 84.3 Å². The van der Waals surface area contributed by atoms with Gasteiger partial charge in [0.25, 0.3) is 11.6 Å². The second-order valence-electron chi connectivity index (χ2n) is 6.03. The van der Waals surface area contributed by atoms with Crippen LogP contribution in [0.1, 0.15) is 42.7 Å². The van der Waals surface area contributed by atoms with Gasteiger partial charge in [-0.15, -0.1) is 0 Å². The lowest BCUT2D eigenvalue weighted by Gasteiger charge is -2.16. The molecule has 0 aliphatic rings. The van der Waals surface area contributed by atoms with Gasteiger partial charge in [0.2, 0.25) is 0 Å². The van der Waals surface area contributed by atoms with Crippen LogP contribution in [0.5, 0.6) is 0 Å². The molecule has 0 saturated carbocycles. The van der Waals surface area contributed by atoms with Gasteiger partial charge in [-0.1, -0.05) is 12.1 Å². The Balaban J connectivity index is 2.26. The van der Waals surface area contributed by atoms with Gasteiger partial charge in [0, 0.05) is 23.7 Å². The second kappa shape index (κ2) is 7.74. The zero-order chi connectivity index (χ0) is 18.6. The number of hydrogen-bond donors (Lipinski definition) is 2. The molecule has 25 heavy (non-hydrogen) atoms. The highest BCUT2D eigenvalue weighted by Gasteiger charge is 2.19. The van der Waals surface area contributed by atoms with E-state index in [1.807, 2.05) is 20.8 Å². The number of nitro benzene ring substituents is 1. The molecule has 1 amide bonds. The van der Waals surface area contributed by atoms with E-state index < -0.39 is 4.92 Å². The van der Waals surface area contributed by atoms with Gasteiger partial charge < -0.3 is 10.6 Å². The summed E-state index contributed by atoms with van der Waals surface area (Å²) in [6.45, 7) is 5.44. The fourth-order valence-corrected chi connectivity index (χ4v) is 2.36. The lowest BCUT2D eigenvalue weighted by atomic mass is 10.1. The van der Waals surface area contributed by atoms with Crippen molar-refractivity contribution >= 4 is 17.3 Å². The molecule has 0 spiro atoms. The Kier molecular flexibility index (Phi) is 5.69. The average Bonchev–Trinajstić information content (AvgIpc) is 2.54. The number of halogens is 1. The normalized spacial score (nSPS) is 11.9. The number of nitrogens with zero attached hydrogens (tertiary/aromatic N) is 1. The summed E-state index contributed by atoms with van der Waals surface area (Å²) >= 11 is 0. The zero-order valence-electron chi connectivity index (χ0n) is 14.2. The van der Waals surface area contributed by atoms with Gasteiger partial charge in [0.1, 0.15) is 11.5 Å². The third-order valence-electron chi connectivity index (χ3n) is 3.62. The van der Waals surface area contributed by atoms with E-state index in [4.69, 9.17) is 0 Å². The summed E-state index contributed by atoms with van der Waals surface area (Å²) in [5.41, 5.74) is 1.12. The summed E-state index contributed by atoms with van der Waals surface area (Å²) in [7, 11) is 0. The van der Waals surface area contributed by atoms with Crippen LogP contribution in [-0.4, -0.2) is 16.9 Å². The van der Waals surface area contributed by atoms with Crippen LogP contribution in [0.15, 0.2) is 42.5 Å². The molecular weight excluding hydrogens is 325 g/mol. The first kappa shape index (κ1) is 18.4. The number of nitro groups is 1. The van der Waals surface area contributed by atoms with Gasteiger partial charge in [-0.2, -0.15) is 0 Å². The molecule has 2 aromatic carbocycles. The van der Waals surface area contributed by atoms with Gasteiger partial charge in [-0.3, -0.25) is 14.9 Å². The van der Waals surface area contributed by atoms with E-state index in [0.29, 0.717) is 5.69 Å². The van der Waals surface area contributed by atoms with E-state index in [2.05, 4.69) is 10.6 Å². The Morgan fingerprint density at radius 2 is 1.76 bits per heavy atom. The fourth-order valence-electron chi connectivity index (χ4n) is 2.36. The van der Waals surface area contributed by atoms with Crippen molar-refractivity contribution in [2.45, 2.75) is 32.9 Å². The van der Waals surface area contributed by atoms with Crippen LogP contribution in [-0.2, 0) is 0 Å². The van der Waals surface area contributed by atoms with Gasteiger partial charge in [0.15, 0.2) is 0 Å². The highest BCUT2D eigenvalue weighted by molar-refractivity contribution is 5.95. The summed E-state index contributed by atoms with van der Waals surface area (Å²) in [5, 5.41) is 17.1. The molecule has 1 unspecified atom stereocenters. The lowest BCUT2D eigenvalue weighted by molar-refractivity contribution is -0.384. The SMILES string of the molecule is CC(C)NC(=O)c1ccc(NC(C)c2ccc(F)cc2)c([N+](=O)[O-])c1. The molecule has 0 aliphatic heterocycles. The summed E-state index contributed by atoms with van der Waals surface area (Å²) in [5.74, 6) is -0.710. The highest BCUT2D eigenvalue weighted by atomic mass is 19.1. The fraction of sp³-hybridized carbons (Fsp3) is 0.278. The minimum Gasteiger partial charge on any atom is -0.373 e. The van der Waals surface area contributed by atoms with Crippen molar-refractivity contribution in [1.29, 1.82) is 0 Å². The van der Waals surface area contributed by atoms with E-state index in [1.54, 1.807) is 12.1 Å². The smallest absolute Gasteiger partial charge is 0.293 e. The van der Waals surface area contributed by atoms with Gasteiger partial charge in [-0.05, 0) is 50.6 Å². The molecule has 0 heterocycles. The van der Waals surface area contributed by atoms with Crippen LogP contribution in [0, 0.1) is 15.9 Å². The maximum atomic E-state index is 13.0. The summed E-state index contributed by atoms with van der Waals surface area (Å²) in [4.78, 5) is 22.9.